The van der Waals surface area contributed by atoms with Gasteiger partial charge in [-0.3, -0.25) is 9.69 Å². The summed E-state index contributed by atoms with van der Waals surface area (Å²) in [6, 6.07) is 0. The van der Waals surface area contributed by atoms with Gasteiger partial charge in [-0.2, -0.15) is 0 Å². The Bertz CT molecular complexity index is 699. The molecule has 0 saturated carbocycles. The van der Waals surface area contributed by atoms with E-state index in [1.807, 2.05) is 13.8 Å². The number of hydrogen-bond donors (Lipinski definition) is 2. The molecule has 0 amide bonds. The first kappa shape index (κ1) is 14.7. The molecular formula is C15H21N3O2S. The van der Waals surface area contributed by atoms with Crippen molar-refractivity contribution in [2.24, 2.45) is 5.92 Å². The molecule has 1 fully saturated rings. The lowest BCUT2D eigenvalue weighted by atomic mass is 9.98. The van der Waals surface area contributed by atoms with E-state index >= 15 is 0 Å². The van der Waals surface area contributed by atoms with Gasteiger partial charge in [-0.25, -0.2) is 4.98 Å². The summed E-state index contributed by atoms with van der Waals surface area (Å²) < 4.78 is 0. The van der Waals surface area contributed by atoms with Gasteiger partial charge in [0.25, 0.3) is 5.56 Å². The molecule has 1 aliphatic heterocycles. The molecule has 114 valence electrons. The van der Waals surface area contributed by atoms with Crippen LogP contribution in [0.25, 0.3) is 10.2 Å². The number of aliphatic hydroxyl groups excluding tert-OH is 1. The van der Waals surface area contributed by atoms with Gasteiger partial charge in [-0.05, 0) is 51.3 Å². The highest BCUT2D eigenvalue weighted by molar-refractivity contribution is 7.18. The summed E-state index contributed by atoms with van der Waals surface area (Å²) in [5.41, 5.74) is 1.01. The Labute approximate surface area is 127 Å². The highest BCUT2D eigenvalue weighted by Crippen LogP contribution is 2.26. The number of likely N-dealkylation sites (tertiary alicyclic amines) is 1. The van der Waals surface area contributed by atoms with Gasteiger partial charge in [0.05, 0.1) is 11.9 Å². The Kier molecular flexibility index (Phi) is 4.10. The summed E-state index contributed by atoms with van der Waals surface area (Å²) in [6.45, 7) is 6.87. The number of aromatic amines is 1. The van der Waals surface area contributed by atoms with Gasteiger partial charge in [0.1, 0.15) is 10.7 Å². The Hall–Kier alpha value is -1.24. The molecule has 1 aliphatic rings. The van der Waals surface area contributed by atoms with Gasteiger partial charge in [0.2, 0.25) is 0 Å². The summed E-state index contributed by atoms with van der Waals surface area (Å²) in [6.07, 6.45) is 2.03. The zero-order valence-electron chi connectivity index (χ0n) is 12.5. The first-order chi connectivity index (χ1) is 10.1. The minimum absolute atomic E-state index is 0.0258. The molecule has 0 aliphatic carbocycles. The van der Waals surface area contributed by atoms with Crippen molar-refractivity contribution in [2.45, 2.75) is 33.2 Å². The normalized spacial score (nSPS) is 17.7. The summed E-state index contributed by atoms with van der Waals surface area (Å²) in [5, 5.41) is 9.91. The maximum Gasteiger partial charge on any atom is 0.259 e. The molecule has 0 unspecified atom stereocenters. The summed E-state index contributed by atoms with van der Waals surface area (Å²) in [4.78, 5) is 24.1. The average molecular weight is 307 g/mol. The monoisotopic (exact) mass is 307 g/mol. The van der Waals surface area contributed by atoms with E-state index in [0.29, 0.717) is 12.5 Å². The maximum atomic E-state index is 12.2. The van der Waals surface area contributed by atoms with E-state index in [-0.39, 0.29) is 12.2 Å². The third-order valence-corrected chi connectivity index (χ3v) is 5.53. The average Bonchev–Trinajstić information content (AvgIpc) is 2.75. The number of piperidine rings is 1. The minimum atomic E-state index is -0.0258. The van der Waals surface area contributed by atoms with Crippen molar-refractivity contribution in [3.63, 3.8) is 0 Å². The third-order valence-electron chi connectivity index (χ3n) is 4.43. The van der Waals surface area contributed by atoms with Gasteiger partial charge in [0, 0.05) is 11.5 Å². The van der Waals surface area contributed by atoms with Crippen molar-refractivity contribution in [2.75, 3.05) is 19.7 Å². The van der Waals surface area contributed by atoms with Gasteiger partial charge >= 0.3 is 0 Å². The minimum Gasteiger partial charge on any atom is -0.396 e. The lowest BCUT2D eigenvalue weighted by Crippen LogP contribution is -2.35. The zero-order chi connectivity index (χ0) is 15.0. The molecule has 0 spiro atoms. The van der Waals surface area contributed by atoms with E-state index in [1.165, 1.54) is 0 Å². The second-order valence-corrected chi connectivity index (χ2v) is 7.08. The predicted octanol–water partition coefficient (Wildman–Crippen LogP) is 1.81. The van der Waals surface area contributed by atoms with Crippen LogP contribution in [0, 0.1) is 19.8 Å². The molecule has 2 N–H and O–H groups in total. The molecule has 3 rings (SSSR count). The molecule has 0 radical (unpaired) electrons. The van der Waals surface area contributed by atoms with Gasteiger partial charge in [0.15, 0.2) is 0 Å². The number of hydrogen-bond acceptors (Lipinski definition) is 5. The number of thiophene rings is 1. The van der Waals surface area contributed by atoms with Gasteiger partial charge in [-0.15, -0.1) is 11.3 Å². The van der Waals surface area contributed by atoms with Crippen LogP contribution in [0.1, 0.15) is 29.1 Å². The first-order valence-corrected chi connectivity index (χ1v) is 8.22. The maximum absolute atomic E-state index is 12.2. The fourth-order valence-electron chi connectivity index (χ4n) is 2.91. The summed E-state index contributed by atoms with van der Waals surface area (Å²) >= 11 is 1.59. The standard InChI is InChI=1S/C15H21N3O2S/c1-9-10(2)21-15-13(9)14(20)16-12(17-15)7-18-5-3-11(8-19)4-6-18/h11,19H,3-8H2,1-2H3,(H,16,17,20). The van der Waals surface area contributed by atoms with Crippen molar-refractivity contribution in [1.82, 2.24) is 14.9 Å². The van der Waals surface area contributed by atoms with Gasteiger partial charge < -0.3 is 10.1 Å². The van der Waals surface area contributed by atoms with E-state index in [1.54, 1.807) is 11.3 Å². The molecule has 0 aromatic carbocycles. The molecule has 2 aromatic heterocycles. The smallest absolute Gasteiger partial charge is 0.259 e. The Balaban J connectivity index is 1.81. The highest BCUT2D eigenvalue weighted by atomic mass is 32.1. The van der Waals surface area contributed by atoms with Crippen LogP contribution in [0.2, 0.25) is 0 Å². The number of rotatable bonds is 3. The Morgan fingerprint density at radius 1 is 1.38 bits per heavy atom. The van der Waals surface area contributed by atoms with Crippen molar-refractivity contribution >= 4 is 21.6 Å². The molecule has 0 bridgehead atoms. The first-order valence-electron chi connectivity index (χ1n) is 7.40. The number of nitrogens with zero attached hydrogens (tertiary/aromatic N) is 2. The van der Waals surface area contributed by atoms with Crippen LogP contribution in [0.15, 0.2) is 4.79 Å². The van der Waals surface area contributed by atoms with Crippen LogP contribution < -0.4 is 5.56 Å². The van der Waals surface area contributed by atoms with Crippen LogP contribution in [-0.2, 0) is 6.54 Å². The van der Waals surface area contributed by atoms with Gasteiger partial charge in [-0.1, -0.05) is 0 Å². The summed E-state index contributed by atoms with van der Waals surface area (Å²) in [5.74, 6) is 1.18. The van der Waals surface area contributed by atoms with Crippen LogP contribution in [-0.4, -0.2) is 39.7 Å². The van der Waals surface area contributed by atoms with Crippen molar-refractivity contribution in [3.8, 4) is 0 Å². The van der Waals surface area contributed by atoms with Crippen LogP contribution in [0.5, 0.6) is 0 Å². The Morgan fingerprint density at radius 2 is 2.10 bits per heavy atom. The molecule has 21 heavy (non-hydrogen) atoms. The lowest BCUT2D eigenvalue weighted by molar-refractivity contribution is 0.125. The molecule has 3 heterocycles. The number of aromatic nitrogens is 2. The fourth-order valence-corrected chi connectivity index (χ4v) is 3.96. The van der Waals surface area contributed by atoms with Crippen LogP contribution in [0.4, 0.5) is 0 Å². The SMILES string of the molecule is Cc1sc2nc(CN3CCC(CO)CC3)[nH]c(=O)c2c1C. The van der Waals surface area contributed by atoms with E-state index in [2.05, 4.69) is 14.9 Å². The number of aryl methyl sites for hydroxylation is 2. The molecule has 6 heteroatoms. The number of aliphatic hydroxyl groups is 1. The molecule has 5 nitrogen and oxygen atoms in total. The number of nitrogens with one attached hydrogen (secondary N) is 1. The number of fused-ring (bicyclic) bond motifs is 1. The van der Waals surface area contributed by atoms with Crippen molar-refractivity contribution in [1.29, 1.82) is 0 Å². The van der Waals surface area contributed by atoms with Crippen LogP contribution in [0.3, 0.4) is 0 Å². The molecule has 2 aromatic rings. The number of H-pyrrole nitrogens is 1. The van der Waals surface area contributed by atoms with E-state index in [0.717, 1.165) is 52.4 Å². The molecule has 0 atom stereocenters. The fraction of sp³-hybridized carbons (Fsp3) is 0.600. The summed E-state index contributed by atoms with van der Waals surface area (Å²) in [7, 11) is 0. The topological polar surface area (TPSA) is 69.2 Å². The third kappa shape index (κ3) is 2.88. The highest BCUT2D eigenvalue weighted by Gasteiger charge is 2.20. The molecular weight excluding hydrogens is 286 g/mol. The van der Waals surface area contributed by atoms with E-state index < -0.39 is 0 Å². The predicted molar refractivity (Wildman–Crippen MR) is 84.8 cm³/mol. The van der Waals surface area contributed by atoms with Crippen molar-refractivity contribution < 1.29 is 5.11 Å². The molecule has 1 saturated heterocycles. The quantitative estimate of drug-likeness (QED) is 0.907. The van der Waals surface area contributed by atoms with E-state index in [9.17, 15) is 9.90 Å². The largest absolute Gasteiger partial charge is 0.396 e. The second-order valence-electron chi connectivity index (χ2n) is 5.88. The second kappa shape index (κ2) is 5.87. The van der Waals surface area contributed by atoms with Crippen LogP contribution >= 0.6 is 11.3 Å². The Morgan fingerprint density at radius 3 is 2.76 bits per heavy atom. The lowest BCUT2D eigenvalue weighted by Gasteiger charge is -2.30. The van der Waals surface area contributed by atoms with E-state index in [4.69, 9.17) is 0 Å². The van der Waals surface area contributed by atoms with Crippen molar-refractivity contribution in [3.05, 3.63) is 26.6 Å². The zero-order valence-corrected chi connectivity index (χ0v) is 13.3.